The molecule has 0 aliphatic heterocycles. The van der Waals surface area contributed by atoms with E-state index in [1.807, 2.05) is 96.3 Å². The Kier molecular flexibility index (Phi) is 6.72. The molecule has 4 aromatic rings. The lowest BCUT2D eigenvalue weighted by molar-refractivity contribution is 0.853. The van der Waals surface area contributed by atoms with Crippen LogP contribution in [0.4, 0.5) is 0 Å². The van der Waals surface area contributed by atoms with Gasteiger partial charge < -0.3 is 0 Å². The van der Waals surface area contributed by atoms with Gasteiger partial charge in [-0.25, -0.2) is 9.36 Å². The average Bonchev–Trinajstić information content (AvgIpc) is 3.26. The molecule has 0 radical (unpaired) electrons. The van der Waals surface area contributed by atoms with Crippen molar-refractivity contribution >= 4 is 36.9 Å². The van der Waals surface area contributed by atoms with Crippen LogP contribution in [0.25, 0.3) is 11.4 Å². The third kappa shape index (κ3) is 4.61. The zero-order valence-corrected chi connectivity index (χ0v) is 19.6. The van der Waals surface area contributed by atoms with Gasteiger partial charge in [-0.2, -0.15) is 0 Å². The smallest absolute Gasteiger partial charge is 0.136 e. The first kappa shape index (κ1) is 21.9. The first-order valence-electron chi connectivity index (χ1n) is 10.3. The van der Waals surface area contributed by atoms with E-state index in [4.69, 9.17) is 24.4 Å². The zero-order valence-electron chi connectivity index (χ0n) is 17.9. The number of rotatable bonds is 7. The molecule has 6 nitrogen and oxygen atoms in total. The first-order chi connectivity index (χ1) is 15.6. The van der Waals surface area contributed by atoms with E-state index >= 15 is 0 Å². The van der Waals surface area contributed by atoms with Crippen LogP contribution in [0.5, 0.6) is 0 Å². The topological polar surface area (TPSA) is 66.2 Å². The van der Waals surface area contributed by atoms with Crippen LogP contribution in [0.15, 0.2) is 70.6 Å². The van der Waals surface area contributed by atoms with Crippen molar-refractivity contribution in [3.63, 3.8) is 0 Å². The first-order valence-corrected chi connectivity index (χ1v) is 11.1. The maximum absolute atomic E-state index is 5.62. The van der Waals surface area contributed by atoms with Gasteiger partial charge in [0.15, 0.2) is 0 Å². The highest BCUT2D eigenvalue weighted by Crippen LogP contribution is 2.14. The molecule has 8 heteroatoms. The summed E-state index contributed by atoms with van der Waals surface area (Å²) in [7, 11) is 0. The largest absolute Gasteiger partial charge is 0.297 e. The third-order valence-corrected chi connectivity index (χ3v) is 5.87. The summed E-state index contributed by atoms with van der Waals surface area (Å²) in [5.41, 5.74) is 5.81. The number of aromatic amines is 2. The van der Waals surface area contributed by atoms with E-state index in [0.717, 1.165) is 33.9 Å². The summed E-state index contributed by atoms with van der Waals surface area (Å²) in [6.07, 6.45) is 3.65. The van der Waals surface area contributed by atoms with Crippen LogP contribution in [-0.4, -0.2) is 45.1 Å². The minimum atomic E-state index is 0.566. The second-order valence-electron chi connectivity index (χ2n) is 7.32. The Morgan fingerprint density at radius 3 is 1.44 bits per heavy atom. The molecule has 0 spiro atoms. The van der Waals surface area contributed by atoms with Gasteiger partial charge >= 0.3 is 0 Å². The van der Waals surface area contributed by atoms with Crippen molar-refractivity contribution in [1.29, 1.82) is 0 Å². The van der Waals surface area contributed by atoms with Gasteiger partial charge in [-0.3, -0.25) is 20.2 Å². The fourth-order valence-electron chi connectivity index (χ4n) is 3.37. The minimum absolute atomic E-state index is 0.566. The standard InChI is InChI=1S/C24H24N6S2/c1-17-21(23(31)29(27-17)19-9-5-3-6-10-19)15-25-13-14-26-16-22-18(2)28-30(24(22)32)20-11-7-4-8-12-20/h3-12,15-16,27-28H,13-14H2,1-2H3. The maximum Gasteiger partial charge on any atom is 0.136 e. The number of aryl methyl sites for hydroxylation is 2. The Morgan fingerprint density at radius 2 is 1.06 bits per heavy atom. The average molecular weight is 461 g/mol. The highest BCUT2D eigenvalue weighted by molar-refractivity contribution is 7.71. The maximum atomic E-state index is 5.62. The molecule has 2 heterocycles. The molecule has 2 aromatic heterocycles. The molecule has 0 bridgehead atoms. The monoisotopic (exact) mass is 460 g/mol. The molecule has 0 aliphatic carbocycles. The number of aliphatic imine (C=N–C) groups is 2. The molecular formula is C24H24N6S2. The summed E-state index contributed by atoms with van der Waals surface area (Å²) in [4.78, 5) is 9.04. The lowest BCUT2D eigenvalue weighted by atomic mass is 10.3. The van der Waals surface area contributed by atoms with E-state index in [1.165, 1.54) is 0 Å². The van der Waals surface area contributed by atoms with E-state index in [-0.39, 0.29) is 0 Å². The van der Waals surface area contributed by atoms with Crippen molar-refractivity contribution in [3.8, 4) is 11.4 Å². The number of para-hydroxylation sites is 2. The van der Waals surface area contributed by atoms with E-state index < -0.39 is 0 Å². The van der Waals surface area contributed by atoms with Crippen molar-refractivity contribution in [2.45, 2.75) is 13.8 Å². The van der Waals surface area contributed by atoms with Crippen LogP contribution in [0.2, 0.25) is 0 Å². The second kappa shape index (κ2) is 9.84. The van der Waals surface area contributed by atoms with E-state index in [9.17, 15) is 0 Å². The quantitative estimate of drug-likeness (QED) is 0.216. The molecule has 0 unspecified atom stereocenters. The summed E-state index contributed by atoms with van der Waals surface area (Å²) >= 11 is 11.2. The molecule has 0 atom stereocenters. The number of hydrogen-bond donors (Lipinski definition) is 2. The van der Waals surface area contributed by atoms with Crippen LogP contribution in [0.3, 0.4) is 0 Å². The molecule has 0 aliphatic rings. The normalized spacial score (nSPS) is 11.7. The summed E-state index contributed by atoms with van der Waals surface area (Å²) in [5, 5.41) is 6.61. The van der Waals surface area contributed by atoms with Crippen molar-refractivity contribution in [2.24, 2.45) is 9.98 Å². The number of benzene rings is 2. The molecule has 0 saturated heterocycles. The molecule has 32 heavy (non-hydrogen) atoms. The summed E-state index contributed by atoms with van der Waals surface area (Å²) in [6, 6.07) is 20.0. The molecule has 4 rings (SSSR count). The highest BCUT2D eigenvalue weighted by atomic mass is 32.1. The Labute approximate surface area is 197 Å². The third-order valence-electron chi connectivity index (χ3n) is 5.06. The van der Waals surface area contributed by atoms with Gasteiger partial charge in [0.25, 0.3) is 0 Å². The predicted molar refractivity (Wildman–Crippen MR) is 136 cm³/mol. The number of nitrogens with one attached hydrogen (secondary N) is 2. The van der Waals surface area contributed by atoms with Gasteiger partial charge in [-0.1, -0.05) is 60.8 Å². The highest BCUT2D eigenvalue weighted by Gasteiger charge is 2.08. The molecule has 2 aromatic carbocycles. The van der Waals surface area contributed by atoms with Gasteiger partial charge in [0, 0.05) is 34.9 Å². The van der Waals surface area contributed by atoms with Gasteiger partial charge in [0.05, 0.1) is 24.5 Å². The fourth-order valence-corrected chi connectivity index (χ4v) is 4.08. The fraction of sp³-hybridized carbons (Fsp3) is 0.167. The Hall–Kier alpha value is -3.36. The Bertz CT molecular complexity index is 1260. The van der Waals surface area contributed by atoms with E-state index in [1.54, 1.807) is 0 Å². The number of aromatic nitrogens is 4. The van der Waals surface area contributed by atoms with Crippen LogP contribution in [-0.2, 0) is 0 Å². The van der Waals surface area contributed by atoms with Gasteiger partial charge in [0.1, 0.15) is 9.28 Å². The minimum Gasteiger partial charge on any atom is -0.297 e. The summed E-state index contributed by atoms with van der Waals surface area (Å²) in [6.45, 7) is 5.12. The summed E-state index contributed by atoms with van der Waals surface area (Å²) in [5.74, 6) is 0. The molecule has 162 valence electrons. The number of H-pyrrole nitrogens is 2. The molecule has 0 amide bonds. The molecule has 0 fully saturated rings. The van der Waals surface area contributed by atoms with Crippen molar-refractivity contribution in [2.75, 3.05) is 13.1 Å². The molecule has 2 N–H and O–H groups in total. The zero-order chi connectivity index (χ0) is 22.5. The van der Waals surface area contributed by atoms with Crippen molar-refractivity contribution in [3.05, 3.63) is 92.5 Å². The molecule has 0 saturated carbocycles. The molecular weight excluding hydrogens is 436 g/mol. The number of hydrogen-bond acceptors (Lipinski definition) is 4. The summed E-state index contributed by atoms with van der Waals surface area (Å²) < 4.78 is 5.22. The van der Waals surface area contributed by atoms with Gasteiger partial charge in [0.2, 0.25) is 0 Å². The second-order valence-corrected chi connectivity index (χ2v) is 8.10. The van der Waals surface area contributed by atoms with Crippen molar-refractivity contribution in [1.82, 2.24) is 19.6 Å². The van der Waals surface area contributed by atoms with E-state index in [2.05, 4.69) is 20.2 Å². The lowest BCUT2D eigenvalue weighted by Crippen LogP contribution is -1.96. The lowest BCUT2D eigenvalue weighted by Gasteiger charge is -2.01. The Morgan fingerprint density at radius 1 is 0.688 bits per heavy atom. The van der Waals surface area contributed by atoms with E-state index in [0.29, 0.717) is 22.4 Å². The SMILES string of the molecule is Cc1[nH]n(-c2ccccc2)c(=S)c1C=NCCN=Cc1c(C)[nH]n(-c2ccccc2)c1=S. The van der Waals surface area contributed by atoms with Gasteiger partial charge in [-0.05, 0) is 38.1 Å². The Balaban J connectivity index is 1.41. The van der Waals surface area contributed by atoms with Crippen LogP contribution < -0.4 is 0 Å². The van der Waals surface area contributed by atoms with Crippen molar-refractivity contribution < 1.29 is 0 Å². The number of nitrogens with zero attached hydrogens (tertiary/aromatic N) is 4. The van der Waals surface area contributed by atoms with Crippen LogP contribution in [0.1, 0.15) is 22.5 Å². The van der Waals surface area contributed by atoms with Crippen LogP contribution in [0, 0.1) is 23.1 Å². The predicted octanol–water partition coefficient (Wildman–Crippen LogP) is 5.54. The van der Waals surface area contributed by atoms with Gasteiger partial charge in [-0.15, -0.1) is 0 Å². The van der Waals surface area contributed by atoms with Crippen LogP contribution >= 0.6 is 24.4 Å².